The minimum atomic E-state index is -1.29. The minimum Gasteiger partial charge on any atom is -0.477 e. The highest BCUT2D eigenvalue weighted by molar-refractivity contribution is 6.08. The molecular formula is C22H18F2N4O3. The molecule has 1 amide bonds. The van der Waals surface area contributed by atoms with Crippen molar-refractivity contribution in [2.75, 3.05) is 10.6 Å². The van der Waals surface area contributed by atoms with Crippen LogP contribution in [0.25, 0.3) is 0 Å². The van der Waals surface area contributed by atoms with Crippen molar-refractivity contribution in [1.82, 2.24) is 9.78 Å². The zero-order chi connectivity index (χ0) is 22.3. The highest BCUT2D eigenvalue weighted by Crippen LogP contribution is 2.33. The molecule has 31 heavy (non-hydrogen) atoms. The van der Waals surface area contributed by atoms with Crippen molar-refractivity contribution in [1.29, 1.82) is 0 Å². The summed E-state index contributed by atoms with van der Waals surface area (Å²) in [6, 6.07) is 7.59. The summed E-state index contributed by atoms with van der Waals surface area (Å²) in [5.41, 5.74) is 2.36. The molecular weight excluding hydrogens is 406 g/mol. The quantitative estimate of drug-likeness (QED) is 0.588. The van der Waals surface area contributed by atoms with Crippen LogP contribution < -0.4 is 10.6 Å². The molecule has 2 aromatic carbocycles. The van der Waals surface area contributed by atoms with E-state index in [0.29, 0.717) is 11.8 Å². The number of carboxylic acid groups (broad SMARTS) is 1. The Morgan fingerprint density at radius 1 is 1.13 bits per heavy atom. The zero-order valence-corrected chi connectivity index (χ0v) is 16.6. The number of aryl methyl sites for hydroxylation is 2. The van der Waals surface area contributed by atoms with Crippen molar-refractivity contribution in [3.63, 3.8) is 0 Å². The molecule has 0 aliphatic carbocycles. The number of halogens is 2. The molecule has 0 fully saturated rings. The largest absolute Gasteiger partial charge is 0.477 e. The first-order chi connectivity index (χ1) is 14.7. The van der Waals surface area contributed by atoms with Crippen LogP contribution >= 0.6 is 0 Å². The van der Waals surface area contributed by atoms with Crippen LogP contribution in [0.4, 0.5) is 20.3 Å². The lowest BCUT2D eigenvalue weighted by Gasteiger charge is -2.24. The van der Waals surface area contributed by atoms with Crippen molar-refractivity contribution in [3.05, 3.63) is 88.3 Å². The monoisotopic (exact) mass is 424 g/mol. The highest BCUT2D eigenvalue weighted by Gasteiger charge is 2.30. The van der Waals surface area contributed by atoms with Gasteiger partial charge >= 0.3 is 5.97 Å². The number of nitrogens with one attached hydrogen (secondary N) is 2. The fraction of sp³-hybridized carbons (Fsp3) is 0.136. The van der Waals surface area contributed by atoms with Gasteiger partial charge in [0.15, 0.2) is 0 Å². The summed E-state index contributed by atoms with van der Waals surface area (Å²) in [5, 5.41) is 19.1. The molecule has 0 bridgehead atoms. The van der Waals surface area contributed by atoms with Crippen LogP contribution in [0.1, 0.15) is 33.1 Å². The molecule has 0 spiro atoms. The fourth-order valence-electron chi connectivity index (χ4n) is 3.59. The summed E-state index contributed by atoms with van der Waals surface area (Å²) in [5.74, 6) is -3.32. The number of rotatable bonds is 4. The normalized spacial score (nSPS) is 15.0. The fourth-order valence-corrected chi connectivity index (χ4v) is 3.59. The van der Waals surface area contributed by atoms with Crippen LogP contribution in [0, 0.1) is 25.5 Å². The SMILES string of the molecule is Cc1cc(C)cc(NC(=O)c2cnn3c2NC(C(=O)O)=C[C@@H]3c2ccc(F)cc2F)c1. The molecule has 1 atom stereocenters. The molecule has 3 aromatic rings. The van der Waals surface area contributed by atoms with Gasteiger partial charge < -0.3 is 15.7 Å². The minimum absolute atomic E-state index is 0.0206. The summed E-state index contributed by atoms with van der Waals surface area (Å²) >= 11 is 0. The number of hydrogen-bond donors (Lipinski definition) is 3. The van der Waals surface area contributed by atoms with Crippen molar-refractivity contribution in [2.24, 2.45) is 0 Å². The average molecular weight is 424 g/mol. The summed E-state index contributed by atoms with van der Waals surface area (Å²) < 4.78 is 29.1. The van der Waals surface area contributed by atoms with Gasteiger partial charge in [0.1, 0.15) is 34.8 Å². The number of aromatic nitrogens is 2. The van der Waals surface area contributed by atoms with Crippen molar-refractivity contribution in [3.8, 4) is 0 Å². The number of allylic oxidation sites excluding steroid dienone is 1. The molecule has 9 heteroatoms. The molecule has 0 unspecified atom stereocenters. The molecule has 1 aliphatic rings. The number of fused-ring (bicyclic) bond motifs is 1. The maximum absolute atomic E-state index is 14.4. The maximum atomic E-state index is 14.4. The van der Waals surface area contributed by atoms with Crippen LogP contribution in [0.3, 0.4) is 0 Å². The van der Waals surface area contributed by atoms with E-state index < -0.39 is 29.6 Å². The Morgan fingerprint density at radius 2 is 1.84 bits per heavy atom. The Kier molecular flexibility index (Phi) is 5.02. The number of amides is 1. The second-order valence-electron chi connectivity index (χ2n) is 7.30. The second kappa shape index (κ2) is 7.67. The summed E-state index contributed by atoms with van der Waals surface area (Å²) in [6.45, 7) is 3.80. The number of benzene rings is 2. The standard InChI is InChI=1S/C22H18F2N4O3/c1-11-5-12(2)7-14(6-11)26-21(29)16-10-25-28-19(9-18(22(30)31)27-20(16)28)15-4-3-13(23)8-17(15)24/h3-10,19,27H,1-2H3,(H,26,29)(H,30,31)/t19-/m1/s1. The Balaban J connectivity index is 1.74. The maximum Gasteiger partial charge on any atom is 0.352 e. The number of carboxylic acids is 1. The Morgan fingerprint density at radius 3 is 2.48 bits per heavy atom. The molecule has 0 radical (unpaired) electrons. The Hall–Kier alpha value is -4.01. The molecule has 1 aliphatic heterocycles. The smallest absolute Gasteiger partial charge is 0.352 e. The van der Waals surface area contributed by atoms with Gasteiger partial charge in [-0.1, -0.05) is 12.1 Å². The van der Waals surface area contributed by atoms with E-state index in [0.717, 1.165) is 17.2 Å². The van der Waals surface area contributed by atoms with Gasteiger partial charge in [-0.15, -0.1) is 0 Å². The predicted octanol–water partition coefficient (Wildman–Crippen LogP) is 4.01. The van der Waals surface area contributed by atoms with Crippen LogP contribution in [-0.4, -0.2) is 26.8 Å². The van der Waals surface area contributed by atoms with Crippen molar-refractivity contribution >= 4 is 23.4 Å². The van der Waals surface area contributed by atoms with Gasteiger partial charge in [-0.25, -0.2) is 18.3 Å². The van der Waals surface area contributed by atoms with Gasteiger partial charge in [-0.2, -0.15) is 5.10 Å². The second-order valence-corrected chi connectivity index (χ2v) is 7.30. The van der Waals surface area contributed by atoms with E-state index in [1.165, 1.54) is 23.0 Å². The van der Waals surface area contributed by atoms with Crippen LogP contribution in [0.15, 0.2) is 54.4 Å². The van der Waals surface area contributed by atoms with Crippen LogP contribution in [-0.2, 0) is 4.79 Å². The third-order valence-corrected chi connectivity index (χ3v) is 4.87. The summed E-state index contributed by atoms with van der Waals surface area (Å²) in [7, 11) is 0. The first-order valence-corrected chi connectivity index (χ1v) is 9.37. The van der Waals surface area contributed by atoms with Gasteiger partial charge in [-0.3, -0.25) is 4.79 Å². The highest BCUT2D eigenvalue weighted by atomic mass is 19.1. The van der Waals surface area contributed by atoms with E-state index in [4.69, 9.17) is 0 Å². The number of carbonyl (C=O) groups excluding carboxylic acids is 1. The van der Waals surface area contributed by atoms with E-state index in [1.807, 2.05) is 19.9 Å². The Bertz CT molecular complexity index is 1230. The van der Waals surface area contributed by atoms with Crippen molar-refractivity contribution < 1.29 is 23.5 Å². The van der Waals surface area contributed by atoms with E-state index in [2.05, 4.69) is 15.7 Å². The van der Waals surface area contributed by atoms with Gasteiger partial charge in [0.25, 0.3) is 5.91 Å². The molecule has 1 aromatic heterocycles. The lowest BCUT2D eigenvalue weighted by Crippen LogP contribution is -2.26. The van der Waals surface area contributed by atoms with E-state index in [-0.39, 0.29) is 22.6 Å². The number of carbonyl (C=O) groups is 2. The third-order valence-electron chi connectivity index (χ3n) is 4.87. The molecule has 7 nitrogen and oxygen atoms in total. The predicted molar refractivity (Wildman–Crippen MR) is 110 cm³/mol. The molecule has 4 rings (SSSR count). The van der Waals surface area contributed by atoms with Gasteiger partial charge in [0.2, 0.25) is 0 Å². The molecule has 2 heterocycles. The molecule has 158 valence electrons. The van der Waals surface area contributed by atoms with Gasteiger partial charge in [-0.05, 0) is 49.2 Å². The average Bonchev–Trinajstić information content (AvgIpc) is 3.11. The third kappa shape index (κ3) is 3.89. The Labute approximate surface area is 176 Å². The lowest BCUT2D eigenvalue weighted by atomic mass is 10.0. The topological polar surface area (TPSA) is 96.3 Å². The van der Waals surface area contributed by atoms with Crippen molar-refractivity contribution in [2.45, 2.75) is 19.9 Å². The summed E-state index contributed by atoms with van der Waals surface area (Å²) in [6.07, 6.45) is 2.53. The van der Waals surface area contributed by atoms with Crippen LogP contribution in [0.5, 0.6) is 0 Å². The summed E-state index contributed by atoms with van der Waals surface area (Å²) in [4.78, 5) is 24.5. The van der Waals surface area contributed by atoms with E-state index in [9.17, 15) is 23.5 Å². The van der Waals surface area contributed by atoms with E-state index >= 15 is 0 Å². The first kappa shape index (κ1) is 20.3. The number of anilines is 2. The lowest BCUT2D eigenvalue weighted by molar-refractivity contribution is -0.132. The van der Waals surface area contributed by atoms with Gasteiger partial charge in [0, 0.05) is 17.3 Å². The first-order valence-electron chi connectivity index (χ1n) is 9.37. The van der Waals surface area contributed by atoms with Crippen LogP contribution in [0.2, 0.25) is 0 Å². The van der Waals surface area contributed by atoms with Gasteiger partial charge in [0.05, 0.1) is 6.20 Å². The number of aliphatic carboxylic acids is 1. The number of nitrogens with zero attached hydrogens (tertiary/aromatic N) is 2. The number of hydrogen-bond acceptors (Lipinski definition) is 4. The molecule has 0 saturated heterocycles. The molecule has 0 saturated carbocycles. The zero-order valence-electron chi connectivity index (χ0n) is 16.6. The molecule has 3 N–H and O–H groups in total. The van der Waals surface area contributed by atoms with E-state index in [1.54, 1.807) is 12.1 Å².